The maximum absolute atomic E-state index is 11.4. The third-order valence-electron chi connectivity index (χ3n) is 2.02. The third-order valence-corrected chi connectivity index (χ3v) is 2.02. The van der Waals surface area contributed by atoms with Crippen LogP contribution in [0.1, 0.15) is 37.2 Å². The van der Waals surface area contributed by atoms with E-state index in [9.17, 15) is 14.4 Å². The van der Waals surface area contributed by atoms with Gasteiger partial charge in [-0.05, 0) is 20.8 Å². The van der Waals surface area contributed by atoms with Crippen LogP contribution in [0.4, 0.5) is 0 Å². The van der Waals surface area contributed by atoms with Gasteiger partial charge in [-0.2, -0.15) is 0 Å². The summed E-state index contributed by atoms with van der Waals surface area (Å²) in [5, 5.41) is 0. The van der Waals surface area contributed by atoms with Crippen LogP contribution in [0.5, 0.6) is 0 Å². The molecule has 0 aliphatic carbocycles. The highest BCUT2D eigenvalue weighted by atomic mass is 16.5. The van der Waals surface area contributed by atoms with Crippen molar-refractivity contribution in [1.82, 2.24) is 9.55 Å². The van der Waals surface area contributed by atoms with E-state index in [2.05, 4.69) is 4.98 Å². The van der Waals surface area contributed by atoms with E-state index in [0.717, 1.165) is 0 Å². The van der Waals surface area contributed by atoms with Gasteiger partial charge in [-0.25, -0.2) is 9.59 Å². The average molecular weight is 226 g/mol. The molecule has 6 heteroatoms. The lowest BCUT2D eigenvalue weighted by atomic mass is 10.3. The Hall–Kier alpha value is -1.85. The van der Waals surface area contributed by atoms with E-state index in [4.69, 9.17) is 4.74 Å². The Morgan fingerprint density at radius 1 is 1.50 bits per heavy atom. The summed E-state index contributed by atoms with van der Waals surface area (Å²) >= 11 is 0. The fourth-order valence-corrected chi connectivity index (χ4v) is 1.22. The number of H-pyrrole nitrogens is 1. The minimum atomic E-state index is -0.724. The van der Waals surface area contributed by atoms with Crippen molar-refractivity contribution in [2.45, 2.75) is 26.8 Å². The summed E-state index contributed by atoms with van der Waals surface area (Å²) in [5.41, 5.74) is -1.41. The maximum Gasteiger partial charge on any atom is 0.345 e. The zero-order valence-electron chi connectivity index (χ0n) is 9.44. The van der Waals surface area contributed by atoms with E-state index in [0.29, 0.717) is 0 Å². The topological polar surface area (TPSA) is 81.2 Å². The summed E-state index contributed by atoms with van der Waals surface area (Å²) in [7, 11) is 0. The van der Waals surface area contributed by atoms with Gasteiger partial charge in [0.1, 0.15) is 5.56 Å². The van der Waals surface area contributed by atoms with Gasteiger partial charge in [-0.15, -0.1) is 0 Å². The van der Waals surface area contributed by atoms with Gasteiger partial charge >= 0.3 is 11.7 Å². The Kier molecular flexibility index (Phi) is 3.65. The van der Waals surface area contributed by atoms with Crippen LogP contribution in [0.25, 0.3) is 0 Å². The van der Waals surface area contributed by atoms with E-state index in [1.54, 1.807) is 20.8 Å². The number of hydrogen-bond acceptors (Lipinski definition) is 4. The standard InChI is InChI=1S/C10H14N2O4/c1-4-16-9(14)7-5-12(6(2)3)10(15)11-8(7)13/h5-6H,4H2,1-3H3,(H,11,13,15). The van der Waals surface area contributed by atoms with Gasteiger partial charge in [0, 0.05) is 12.2 Å². The van der Waals surface area contributed by atoms with Gasteiger partial charge in [0.25, 0.3) is 5.56 Å². The summed E-state index contributed by atoms with van der Waals surface area (Å²) in [6, 6.07) is -0.141. The lowest BCUT2D eigenvalue weighted by molar-refractivity contribution is 0.0523. The molecule has 0 aromatic carbocycles. The molecule has 1 aromatic rings. The van der Waals surface area contributed by atoms with Crippen molar-refractivity contribution in [1.29, 1.82) is 0 Å². The van der Waals surface area contributed by atoms with E-state index in [1.807, 2.05) is 0 Å². The first kappa shape index (κ1) is 12.2. The average Bonchev–Trinajstić information content (AvgIpc) is 2.17. The first-order valence-corrected chi connectivity index (χ1v) is 5.00. The fourth-order valence-electron chi connectivity index (χ4n) is 1.22. The number of carbonyl (C=O) groups excluding carboxylic acids is 1. The summed E-state index contributed by atoms with van der Waals surface area (Å²) in [5.74, 6) is -0.724. The lowest BCUT2D eigenvalue weighted by Gasteiger charge is -2.09. The molecule has 0 atom stereocenters. The predicted octanol–water partition coefficient (Wildman–Crippen LogP) is 0.294. The Bertz CT molecular complexity index is 498. The molecule has 0 saturated heterocycles. The fraction of sp³-hybridized carbons (Fsp3) is 0.500. The molecule has 1 rings (SSSR count). The van der Waals surface area contributed by atoms with E-state index < -0.39 is 17.2 Å². The van der Waals surface area contributed by atoms with Gasteiger partial charge in [0.15, 0.2) is 0 Å². The van der Waals surface area contributed by atoms with Crippen molar-refractivity contribution < 1.29 is 9.53 Å². The molecular weight excluding hydrogens is 212 g/mol. The summed E-state index contributed by atoms with van der Waals surface area (Å²) in [4.78, 5) is 36.2. The van der Waals surface area contributed by atoms with Gasteiger partial charge < -0.3 is 4.74 Å². The smallest absolute Gasteiger partial charge is 0.345 e. The Morgan fingerprint density at radius 2 is 2.12 bits per heavy atom. The molecule has 0 unspecified atom stereocenters. The Labute approximate surface area is 91.9 Å². The highest BCUT2D eigenvalue weighted by molar-refractivity contribution is 5.88. The van der Waals surface area contributed by atoms with Gasteiger partial charge in [0.05, 0.1) is 6.61 Å². The van der Waals surface area contributed by atoms with Crippen molar-refractivity contribution in [3.63, 3.8) is 0 Å². The molecule has 6 nitrogen and oxygen atoms in total. The minimum Gasteiger partial charge on any atom is -0.462 e. The maximum atomic E-state index is 11.4. The molecule has 16 heavy (non-hydrogen) atoms. The third kappa shape index (κ3) is 2.39. The molecule has 1 heterocycles. The number of carbonyl (C=O) groups is 1. The van der Waals surface area contributed by atoms with Crippen LogP contribution in [0.2, 0.25) is 0 Å². The summed E-state index contributed by atoms with van der Waals surface area (Å²) < 4.78 is 5.98. The summed E-state index contributed by atoms with van der Waals surface area (Å²) in [6.07, 6.45) is 1.23. The van der Waals surface area contributed by atoms with Gasteiger partial charge in [-0.3, -0.25) is 14.3 Å². The van der Waals surface area contributed by atoms with Gasteiger partial charge in [0.2, 0.25) is 0 Å². The molecule has 0 amide bonds. The highest BCUT2D eigenvalue weighted by Crippen LogP contribution is 2.00. The zero-order chi connectivity index (χ0) is 12.3. The number of aromatic amines is 1. The molecular formula is C10H14N2O4. The van der Waals surface area contributed by atoms with Crippen LogP contribution in [-0.4, -0.2) is 22.1 Å². The number of hydrogen-bond donors (Lipinski definition) is 1. The Morgan fingerprint density at radius 3 is 2.62 bits per heavy atom. The molecule has 0 bridgehead atoms. The lowest BCUT2D eigenvalue weighted by Crippen LogP contribution is -2.34. The molecule has 0 radical (unpaired) electrons. The molecule has 88 valence electrons. The van der Waals surface area contributed by atoms with Crippen molar-refractivity contribution in [3.8, 4) is 0 Å². The first-order chi connectivity index (χ1) is 7.47. The second kappa shape index (κ2) is 4.78. The minimum absolute atomic E-state index is 0.141. The zero-order valence-corrected chi connectivity index (χ0v) is 9.44. The number of esters is 1. The van der Waals surface area contributed by atoms with Crippen LogP contribution in [0, 0.1) is 0 Å². The summed E-state index contributed by atoms with van der Waals surface area (Å²) in [6.45, 7) is 5.37. The Balaban J connectivity index is 3.31. The molecule has 1 N–H and O–H groups in total. The van der Waals surface area contributed by atoms with E-state index >= 15 is 0 Å². The predicted molar refractivity (Wildman–Crippen MR) is 57.7 cm³/mol. The van der Waals surface area contributed by atoms with Crippen molar-refractivity contribution in [2.24, 2.45) is 0 Å². The molecule has 0 aliphatic heterocycles. The highest BCUT2D eigenvalue weighted by Gasteiger charge is 2.14. The van der Waals surface area contributed by atoms with Crippen molar-refractivity contribution in [2.75, 3.05) is 6.61 Å². The number of rotatable bonds is 3. The van der Waals surface area contributed by atoms with Crippen LogP contribution >= 0.6 is 0 Å². The van der Waals surface area contributed by atoms with E-state index in [1.165, 1.54) is 10.8 Å². The monoisotopic (exact) mass is 226 g/mol. The number of nitrogens with one attached hydrogen (secondary N) is 1. The van der Waals surface area contributed by atoms with Crippen LogP contribution in [0.15, 0.2) is 15.8 Å². The quantitative estimate of drug-likeness (QED) is 0.751. The number of ether oxygens (including phenoxy) is 1. The van der Waals surface area contributed by atoms with Crippen LogP contribution < -0.4 is 11.2 Å². The normalized spacial score (nSPS) is 10.5. The molecule has 0 aliphatic rings. The molecule has 0 spiro atoms. The molecule has 0 fully saturated rings. The van der Waals surface area contributed by atoms with E-state index in [-0.39, 0.29) is 18.2 Å². The second-order valence-corrected chi connectivity index (χ2v) is 3.52. The van der Waals surface area contributed by atoms with Crippen molar-refractivity contribution in [3.05, 3.63) is 32.6 Å². The SMILES string of the molecule is CCOC(=O)c1cn(C(C)C)c(=O)[nH]c1=O. The van der Waals surface area contributed by atoms with Crippen molar-refractivity contribution >= 4 is 5.97 Å². The first-order valence-electron chi connectivity index (χ1n) is 5.00. The molecule has 1 aromatic heterocycles. The van der Waals surface area contributed by atoms with Gasteiger partial charge in [-0.1, -0.05) is 0 Å². The van der Waals surface area contributed by atoms with Crippen LogP contribution in [0.3, 0.4) is 0 Å². The second-order valence-electron chi connectivity index (χ2n) is 3.52. The van der Waals surface area contributed by atoms with Crippen LogP contribution in [-0.2, 0) is 4.74 Å². The largest absolute Gasteiger partial charge is 0.462 e. The number of aromatic nitrogens is 2. The molecule has 0 saturated carbocycles. The number of nitrogens with zero attached hydrogens (tertiary/aromatic N) is 1.